The van der Waals surface area contributed by atoms with Gasteiger partial charge in [-0.15, -0.1) is 0 Å². The quantitative estimate of drug-likeness (QED) is 0.778. The number of aromatic nitrogens is 3. The van der Waals surface area contributed by atoms with E-state index in [0.717, 1.165) is 11.3 Å². The lowest BCUT2D eigenvalue weighted by Gasteiger charge is -2.08. The van der Waals surface area contributed by atoms with Gasteiger partial charge in [0.1, 0.15) is 4.90 Å². The second kappa shape index (κ2) is 6.08. The number of nitrogens with zero attached hydrogens (tertiary/aromatic N) is 3. The monoisotopic (exact) mass is 314 g/mol. The lowest BCUT2D eigenvalue weighted by atomic mass is 10.2. The summed E-state index contributed by atoms with van der Waals surface area (Å²) in [6.45, 7) is 0.201. The van der Waals surface area contributed by atoms with Crippen molar-refractivity contribution in [3.05, 3.63) is 72.8 Å². The Hall–Kier alpha value is -2.51. The number of pyridine rings is 1. The molecule has 112 valence electrons. The Morgan fingerprint density at radius 2 is 2.00 bits per heavy atom. The van der Waals surface area contributed by atoms with Crippen molar-refractivity contribution in [3.63, 3.8) is 0 Å². The highest BCUT2D eigenvalue weighted by Gasteiger charge is 2.13. The van der Waals surface area contributed by atoms with Crippen LogP contribution in [-0.2, 0) is 16.6 Å². The van der Waals surface area contributed by atoms with Crippen LogP contribution in [0.5, 0.6) is 0 Å². The molecule has 3 rings (SSSR count). The lowest BCUT2D eigenvalue weighted by Crippen LogP contribution is -2.23. The average molecular weight is 314 g/mol. The van der Waals surface area contributed by atoms with E-state index in [-0.39, 0.29) is 11.4 Å². The molecule has 7 heteroatoms. The molecular weight excluding hydrogens is 300 g/mol. The molecule has 0 aliphatic heterocycles. The molecule has 0 spiro atoms. The van der Waals surface area contributed by atoms with Crippen molar-refractivity contribution in [2.75, 3.05) is 0 Å². The van der Waals surface area contributed by atoms with Gasteiger partial charge in [0, 0.05) is 31.3 Å². The van der Waals surface area contributed by atoms with E-state index in [1.165, 1.54) is 18.5 Å². The SMILES string of the molecule is O=S(=O)(NCc1cccc(-n2cccn2)c1)c1cccnc1. The number of hydrogen-bond acceptors (Lipinski definition) is 4. The molecule has 0 bridgehead atoms. The zero-order chi connectivity index (χ0) is 15.4. The third-order valence-corrected chi connectivity index (χ3v) is 4.48. The van der Waals surface area contributed by atoms with E-state index in [1.54, 1.807) is 16.9 Å². The van der Waals surface area contributed by atoms with Crippen LogP contribution in [0.4, 0.5) is 0 Å². The van der Waals surface area contributed by atoms with Gasteiger partial charge in [-0.1, -0.05) is 12.1 Å². The zero-order valence-corrected chi connectivity index (χ0v) is 12.4. The first-order chi connectivity index (χ1) is 10.6. The van der Waals surface area contributed by atoms with Crippen LogP contribution in [0.1, 0.15) is 5.56 Å². The fourth-order valence-corrected chi connectivity index (χ4v) is 2.98. The first-order valence-electron chi connectivity index (χ1n) is 6.64. The fraction of sp³-hybridized carbons (Fsp3) is 0.0667. The smallest absolute Gasteiger partial charge is 0.242 e. The van der Waals surface area contributed by atoms with Crippen molar-refractivity contribution in [1.82, 2.24) is 19.5 Å². The van der Waals surface area contributed by atoms with Gasteiger partial charge in [-0.3, -0.25) is 4.98 Å². The van der Waals surface area contributed by atoms with Crippen LogP contribution < -0.4 is 4.72 Å². The number of sulfonamides is 1. The topological polar surface area (TPSA) is 76.9 Å². The summed E-state index contributed by atoms with van der Waals surface area (Å²) >= 11 is 0. The minimum absolute atomic E-state index is 0.151. The maximum absolute atomic E-state index is 12.2. The normalized spacial score (nSPS) is 11.5. The van der Waals surface area contributed by atoms with Crippen molar-refractivity contribution in [3.8, 4) is 5.69 Å². The molecule has 1 aromatic carbocycles. The molecule has 6 nitrogen and oxygen atoms in total. The Morgan fingerprint density at radius 1 is 1.09 bits per heavy atom. The van der Waals surface area contributed by atoms with Gasteiger partial charge in [0.25, 0.3) is 0 Å². The Kier molecular flexibility index (Phi) is 3.99. The van der Waals surface area contributed by atoms with Gasteiger partial charge in [0.05, 0.1) is 5.69 Å². The maximum atomic E-state index is 12.2. The molecule has 0 fully saturated rings. The van der Waals surface area contributed by atoms with E-state index in [0.29, 0.717) is 0 Å². The molecule has 0 saturated heterocycles. The first-order valence-corrected chi connectivity index (χ1v) is 8.12. The summed E-state index contributed by atoms with van der Waals surface area (Å²) < 4.78 is 28.6. The number of hydrogen-bond donors (Lipinski definition) is 1. The van der Waals surface area contributed by atoms with Crippen LogP contribution in [0.3, 0.4) is 0 Å². The molecule has 0 aliphatic carbocycles. The maximum Gasteiger partial charge on any atom is 0.242 e. The van der Waals surface area contributed by atoms with Crippen LogP contribution in [0, 0.1) is 0 Å². The predicted octanol–water partition coefficient (Wildman–Crippen LogP) is 1.75. The van der Waals surface area contributed by atoms with Gasteiger partial charge < -0.3 is 0 Å². The van der Waals surface area contributed by atoms with Crippen molar-refractivity contribution < 1.29 is 8.42 Å². The van der Waals surface area contributed by atoms with Crippen LogP contribution in [0.25, 0.3) is 5.69 Å². The van der Waals surface area contributed by atoms with E-state index in [4.69, 9.17) is 0 Å². The number of benzene rings is 1. The van der Waals surface area contributed by atoms with Crippen LogP contribution in [0.15, 0.2) is 72.1 Å². The van der Waals surface area contributed by atoms with E-state index >= 15 is 0 Å². The van der Waals surface area contributed by atoms with Crippen LogP contribution in [-0.4, -0.2) is 23.2 Å². The van der Waals surface area contributed by atoms with Gasteiger partial charge in [-0.05, 0) is 35.9 Å². The summed E-state index contributed by atoms with van der Waals surface area (Å²) in [7, 11) is -3.56. The van der Waals surface area contributed by atoms with Gasteiger partial charge in [-0.2, -0.15) is 5.10 Å². The van der Waals surface area contributed by atoms with Gasteiger partial charge in [0.15, 0.2) is 0 Å². The van der Waals surface area contributed by atoms with Gasteiger partial charge >= 0.3 is 0 Å². The molecule has 1 N–H and O–H groups in total. The molecule has 0 amide bonds. The predicted molar refractivity (Wildman–Crippen MR) is 81.8 cm³/mol. The van der Waals surface area contributed by atoms with E-state index in [1.807, 2.05) is 36.5 Å². The Morgan fingerprint density at radius 3 is 2.73 bits per heavy atom. The van der Waals surface area contributed by atoms with Gasteiger partial charge in [-0.25, -0.2) is 17.8 Å². The van der Waals surface area contributed by atoms with Crippen molar-refractivity contribution in [2.24, 2.45) is 0 Å². The van der Waals surface area contributed by atoms with E-state index in [2.05, 4.69) is 14.8 Å². The summed E-state index contributed by atoms with van der Waals surface area (Å²) in [4.78, 5) is 3.97. The largest absolute Gasteiger partial charge is 0.263 e. The highest BCUT2D eigenvalue weighted by Crippen LogP contribution is 2.11. The molecule has 0 radical (unpaired) electrons. The highest BCUT2D eigenvalue weighted by molar-refractivity contribution is 7.89. The summed E-state index contributed by atoms with van der Waals surface area (Å²) in [5.41, 5.74) is 1.73. The van der Waals surface area contributed by atoms with E-state index < -0.39 is 10.0 Å². The molecule has 2 aromatic heterocycles. The second-order valence-electron chi connectivity index (χ2n) is 4.63. The fourth-order valence-electron chi connectivity index (χ4n) is 2.00. The van der Waals surface area contributed by atoms with Crippen LogP contribution in [0.2, 0.25) is 0 Å². The minimum atomic E-state index is -3.56. The highest BCUT2D eigenvalue weighted by atomic mass is 32.2. The Bertz CT molecular complexity index is 846. The van der Waals surface area contributed by atoms with Gasteiger partial charge in [0.2, 0.25) is 10.0 Å². The molecule has 3 aromatic rings. The van der Waals surface area contributed by atoms with Crippen molar-refractivity contribution >= 4 is 10.0 Å². The summed E-state index contributed by atoms with van der Waals surface area (Å²) in [6.07, 6.45) is 6.38. The summed E-state index contributed by atoms with van der Waals surface area (Å²) in [5.74, 6) is 0. The molecule has 0 aliphatic rings. The summed E-state index contributed by atoms with van der Waals surface area (Å²) in [5, 5.41) is 4.15. The number of rotatable bonds is 5. The first kappa shape index (κ1) is 14.4. The lowest BCUT2D eigenvalue weighted by molar-refractivity contribution is 0.581. The standard InChI is InChI=1S/C15H14N4O2S/c20-22(21,15-6-2-7-16-12-15)18-11-13-4-1-5-14(10-13)19-9-3-8-17-19/h1-10,12,18H,11H2. The van der Waals surface area contributed by atoms with Crippen molar-refractivity contribution in [1.29, 1.82) is 0 Å². The third kappa shape index (κ3) is 3.21. The van der Waals surface area contributed by atoms with Crippen LogP contribution >= 0.6 is 0 Å². The molecule has 0 unspecified atom stereocenters. The molecule has 0 atom stereocenters. The summed E-state index contributed by atoms with van der Waals surface area (Å²) in [6, 6.07) is 12.5. The molecule has 0 saturated carbocycles. The Balaban J connectivity index is 1.76. The Labute approximate surface area is 128 Å². The zero-order valence-electron chi connectivity index (χ0n) is 11.6. The minimum Gasteiger partial charge on any atom is -0.263 e. The molecular formula is C15H14N4O2S. The number of nitrogens with one attached hydrogen (secondary N) is 1. The average Bonchev–Trinajstić information content (AvgIpc) is 3.09. The van der Waals surface area contributed by atoms with E-state index in [9.17, 15) is 8.42 Å². The third-order valence-electron chi connectivity index (χ3n) is 3.09. The van der Waals surface area contributed by atoms with Crippen molar-refractivity contribution in [2.45, 2.75) is 11.4 Å². The second-order valence-corrected chi connectivity index (χ2v) is 6.40. The molecule has 22 heavy (non-hydrogen) atoms. The molecule has 2 heterocycles.